The number of hydrogen-bond acceptors (Lipinski definition) is 3. The van der Waals surface area contributed by atoms with E-state index >= 15 is 0 Å². The third-order valence-corrected chi connectivity index (χ3v) is 3.99. The van der Waals surface area contributed by atoms with Gasteiger partial charge in [0.25, 0.3) is 5.91 Å². The van der Waals surface area contributed by atoms with Gasteiger partial charge in [-0.25, -0.2) is 4.79 Å². The Hall–Kier alpha value is -2.34. The summed E-state index contributed by atoms with van der Waals surface area (Å²) in [6, 6.07) is 11.8. The number of rotatable bonds is 5. The van der Waals surface area contributed by atoms with Gasteiger partial charge in [0.1, 0.15) is 5.75 Å². The molecule has 0 radical (unpaired) electrons. The van der Waals surface area contributed by atoms with Gasteiger partial charge in [0.05, 0.1) is 5.56 Å². The lowest BCUT2D eigenvalue weighted by Crippen LogP contribution is -2.42. The van der Waals surface area contributed by atoms with Crippen LogP contribution in [0, 0.1) is 6.92 Å². The largest absolute Gasteiger partial charge is 0.478 e. The van der Waals surface area contributed by atoms with E-state index in [2.05, 4.69) is 21.2 Å². The van der Waals surface area contributed by atoms with Crippen LogP contribution in [-0.2, 0) is 4.79 Å². The van der Waals surface area contributed by atoms with Crippen LogP contribution in [0.25, 0.3) is 0 Å². The van der Waals surface area contributed by atoms with E-state index in [1.165, 1.54) is 12.1 Å². The van der Waals surface area contributed by atoms with Crippen molar-refractivity contribution in [1.29, 1.82) is 0 Å². The van der Waals surface area contributed by atoms with Crippen molar-refractivity contribution in [3.63, 3.8) is 0 Å². The van der Waals surface area contributed by atoms with Gasteiger partial charge in [0.15, 0.2) is 5.60 Å². The van der Waals surface area contributed by atoms with E-state index in [9.17, 15) is 9.59 Å². The van der Waals surface area contributed by atoms with E-state index in [0.717, 1.165) is 10.0 Å². The van der Waals surface area contributed by atoms with Crippen molar-refractivity contribution in [2.75, 3.05) is 5.32 Å². The van der Waals surface area contributed by atoms with Crippen LogP contribution in [0.15, 0.2) is 46.9 Å². The maximum absolute atomic E-state index is 12.5. The Morgan fingerprint density at radius 2 is 1.75 bits per heavy atom. The Labute approximate surface area is 148 Å². The molecule has 0 unspecified atom stereocenters. The molecule has 0 atom stereocenters. The molecule has 0 heterocycles. The Morgan fingerprint density at radius 1 is 1.12 bits per heavy atom. The maximum Gasteiger partial charge on any atom is 0.335 e. The number of carbonyl (C=O) groups excluding carboxylic acids is 1. The summed E-state index contributed by atoms with van der Waals surface area (Å²) in [7, 11) is 0. The zero-order chi connectivity index (χ0) is 17.9. The number of amides is 1. The normalized spacial score (nSPS) is 11.0. The van der Waals surface area contributed by atoms with Crippen LogP contribution in [0.2, 0.25) is 0 Å². The minimum Gasteiger partial charge on any atom is -0.478 e. The van der Waals surface area contributed by atoms with E-state index in [1.54, 1.807) is 39.0 Å². The highest BCUT2D eigenvalue weighted by Gasteiger charge is 2.30. The molecule has 6 heteroatoms. The molecule has 0 saturated carbocycles. The van der Waals surface area contributed by atoms with Crippen LogP contribution in [0.5, 0.6) is 5.75 Å². The molecule has 0 aromatic heterocycles. The summed E-state index contributed by atoms with van der Waals surface area (Å²) in [5, 5.41) is 11.8. The molecular weight excluding hydrogens is 374 g/mol. The first-order valence-electron chi connectivity index (χ1n) is 7.29. The first kappa shape index (κ1) is 18.0. The fourth-order valence-electron chi connectivity index (χ4n) is 2.01. The van der Waals surface area contributed by atoms with Gasteiger partial charge in [-0.3, -0.25) is 4.79 Å². The van der Waals surface area contributed by atoms with Crippen molar-refractivity contribution in [3.05, 3.63) is 58.1 Å². The summed E-state index contributed by atoms with van der Waals surface area (Å²) in [4.78, 5) is 23.6. The molecule has 2 N–H and O–H groups in total. The quantitative estimate of drug-likeness (QED) is 0.798. The number of halogens is 1. The van der Waals surface area contributed by atoms with Crippen LogP contribution < -0.4 is 10.1 Å². The van der Waals surface area contributed by atoms with Crippen LogP contribution in [0.1, 0.15) is 29.8 Å². The van der Waals surface area contributed by atoms with Crippen LogP contribution in [-0.4, -0.2) is 22.6 Å². The van der Waals surface area contributed by atoms with Gasteiger partial charge in [-0.1, -0.05) is 22.0 Å². The molecule has 0 spiro atoms. The predicted octanol–water partition coefficient (Wildman–Crippen LogP) is 4.25. The highest BCUT2D eigenvalue weighted by molar-refractivity contribution is 9.10. The number of hydrogen-bond donors (Lipinski definition) is 2. The molecule has 24 heavy (non-hydrogen) atoms. The Kier molecular flexibility index (Phi) is 5.29. The Balaban J connectivity index is 2.17. The monoisotopic (exact) mass is 391 g/mol. The molecule has 5 nitrogen and oxygen atoms in total. The van der Waals surface area contributed by atoms with Gasteiger partial charge in [-0.05, 0) is 62.7 Å². The van der Waals surface area contributed by atoms with E-state index in [4.69, 9.17) is 9.84 Å². The van der Waals surface area contributed by atoms with Gasteiger partial charge >= 0.3 is 5.97 Å². The van der Waals surface area contributed by atoms with Crippen molar-refractivity contribution >= 4 is 33.5 Å². The molecule has 0 aliphatic heterocycles. The third-order valence-electron chi connectivity index (χ3n) is 3.47. The molecule has 0 bridgehead atoms. The standard InChI is InChI=1S/C18H18BrNO4/c1-11-4-5-12(16(21)22)10-15(11)20-17(23)18(2,3)24-14-8-6-13(19)7-9-14/h4-10H,1-3H3,(H,20,23)(H,21,22). The second-order valence-corrected chi connectivity index (χ2v) is 6.77. The number of aryl methyl sites for hydroxylation is 1. The second-order valence-electron chi connectivity index (χ2n) is 5.86. The first-order valence-corrected chi connectivity index (χ1v) is 8.08. The number of carbonyl (C=O) groups is 2. The molecule has 1 amide bonds. The smallest absolute Gasteiger partial charge is 0.335 e. The summed E-state index contributed by atoms with van der Waals surface area (Å²) in [5.41, 5.74) is 0.210. The second kappa shape index (κ2) is 7.05. The Bertz CT molecular complexity index is 769. The molecule has 0 saturated heterocycles. The average molecular weight is 392 g/mol. The maximum atomic E-state index is 12.5. The molecule has 2 aromatic rings. The lowest BCUT2D eigenvalue weighted by Gasteiger charge is -2.26. The number of carboxylic acids is 1. The summed E-state index contributed by atoms with van der Waals surface area (Å²) >= 11 is 3.34. The molecule has 0 aliphatic carbocycles. The van der Waals surface area contributed by atoms with Crippen molar-refractivity contribution in [2.24, 2.45) is 0 Å². The number of carboxylic acid groups (broad SMARTS) is 1. The number of benzene rings is 2. The van der Waals surface area contributed by atoms with Crippen LogP contribution in [0.3, 0.4) is 0 Å². The van der Waals surface area contributed by atoms with Gasteiger partial charge in [0.2, 0.25) is 0 Å². The third kappa shape index (κ3) is 4.35. The lowest BCUT2D eigenvalue weighted by molar-refractivity contribution is -0.128. The highest BCUT2D eigenvalue weighted by atomic mass is 79.9. The number of aromatic carboxylic acids is 1. The summed E-state index contributed by atoms with van der Waals surface area (Å²) in [5.74, 6) is -0.846. The van der Waals surface area contributed by atoms with Crippen LogP contribution in [0.4, 0.5) is 5.69 Å². The number of nitrogens with one attached hydrogen (secondary N) is 1. The van der Waals surface area contributed by atoms with E-state index in [0.29, 0.717) is 11.4 Å². The summed E-state index contributed by atoms with van der Waals surface area (Å²) in [6.45, 7) is 5.10. The predicted molar refractivity (Wildman–Crippen MR) is 95.6 cm³/mol. The van der Waals surface area contributed by atoms with Crippen molar-refractivity contribution in [2.45, 2.75) is 26.4 Å². The van der Waals surface area contributed by atoms with Gasteiger partial charge < -0.3 is 15.2 Å². The van der Waals surface area contributed by atoms with Crippen molar-refractivity contribution in [1.82, 2.24) is 0 Å². The minimum absolute atomic E-state index is 0.113. The van der Waals surface area contributed by atoms with Crippen molar-refractivity contribution < 1.29 is 19.4 Å². The Morgan fingerprint density at radius 3 is 2.33 bits per heavy atom. The highest BCUT2D eigenvalue weighted by Crippen LogP contribution is 2.24. The van der Waals surface area contributed by atoms with Crippen LogP contribution >= 0.6 is 15.9 Å². The summed E-state index contributed by atoms with van der Waals surface area (Å²) in [6.07, 6.45) is 0. The van der Waals surface area contributed by atoms with Gasteiger partial charge in [-0.15, -0.1) is 0 Å². The van der Waals surface area contributed by atoms with Crippen molar-refractivity contribution in [3.8, 4) is 5.75 Å². The van der Waals surface area contributed by atoms with E-state index in [-0.39, 0.29) is 11.5 Å². The van der Waals surface area contributed by atoms with Gasteiger partial charge in [-0.2, -0.15) is 0 Å². The fourth-order valence-corrected chi connectivity index (χ4v) is 2.27. The SMILES string of the molecule is Cc1ccc(C(=O)O)cc1NC(=O)C(C)(C)Oc1ccc(Br)cc1. The molecule has 126 valence electrons. The topological polar surface area (TPSA) is 75.6 Å². The van der Waals surface area contributed by atoms with Gasteiger partial charge in [0, 0.05) is 10.2 Å². The molecule has 2 aromatic carbocycles. The minimum atomic E-state index is -1.13. The zero-order valence-electron chi connectivity index (χ0n) is 13.6. The number of anilines is 1. The fraction of sp³-hybridized carbons (Fsp3) is 0.222. The summed E-state index contributed by atoms with van der Waals surface area (Å²) < 4.78 is 6.67. The number of ether oxygens (including phenoxy) is 1. The zero-order valence-corrected chi connectivity index (χ0v) is 15.2. The molecular formula is C18H18BrNO4. The average Bonchev–Trinajstić information content (AvgIpc) is 2.51. The van der Waals surface area contributed by atoms with E-state index in [1.807, 2.05) is 12.1 Å². The molecule has 2 rings (SSSR count). The van der Waals surface area contributed by atoms with E-state index < -0.39 is 11.6 Å². The lowest BCUT2D eigenvalue weighted by atomic mass is 10.1. The molecule has 0 fully saturated rings. The molecule has 0 aliphatic rings. The first-order chi connectivity index (χ1) is 11.2.